The second kappa shape index (κ2) is 8.35. The van der Waals surface area contributed by atoms with Gasteiger partial charge < -0.3 is 15.0 Å². The molecule has 30 heavy (non-hydrogen) atoms. The van der Waals surface area contributed by atoms with Crippen molar-refractivity contribution in [2.24, 2.45) is 0 Å². The summed E-state index contributed by atoms with van der Waals surface area (Å²) in [7, 11) is 0. The monoisotopic (exact) mass is 427 g/mol. The normalized spacial score (nSPS) is 11.1. The summed E-state index contributed by atoms with van der Waals surface area (Å²) in [6.45, 7) is 3.47. The van der Waals surface area contributed by atoms with Crippen LogP contribution < -0.4 is 5.32 Å². The molecule has 0 atom stereocenters. The number of Topliss-reactive ketones (excluding diaryl/α,β-unsaturated/α-hetero) is 1. The lowest BCUT2D eigenvalue weighted by Gasteiger charge is -2.13. The van der Waals surface area contributed by atoms with E-state index in [1.54, 1.807) is 6.92 Å². The van der Waals surface area contributed by atoms with Crippen LogP contribution in [0.2, 0.25) is 0 Å². The van der Waals surface area contributed by atoms with Gasteiger partial charge in [0.25, 0.3) is 11.6 Å². The molecule has 0 unspecified atom stereocenters. The van der Waals surface area contributed by atoms with E-state index < -0.39 is 46.5 Å². The number of anilines is 1. The third kappa shape index (κ3) is 4.82. The first-order chi connectivity index (χ1) is 13.8. The van der Waals surface area contributed by atoms with Crippen molar-refractivity contribution in [1.82, 2.24) is 4.98 Å². The van der Waals surface area contributed by atoms with Crippen molar-refractivity contribution in [1.29, 1.82) is 0 Å². The highest BCUT2D eigenvalue weighted by Gasteiger charge is 2.35. The fraction of sp³-hybridized carbons (Fsp3) is 0.278. The Hall–Kier alpha value is -3.70. The van der Waals surface area contributed by atoms with Gasteiger partial charge in [0.05, 0.1) is 16.2 Å². The van der Waals surface area contributed by atoms with Crippen LogP contribution in [0, 0.1) is 24.0 Å². The Morgan fingerprint density at radius 1 is 1.23 bits per heavy atom. The highest BCUT2D eigenvalue weighted by Crippen LogP contribution is 2.37. The molecule has 0 saturated heterocycles. The maximum absolute atomic E-state index is 13.1. The molecule has 160 valence electrons. The Kier molecular flexibility index (Phi) is 6.29. The fourth-order valence-corrected chi connectivity index (χ4v) is 2.86. The highest BCUT2D eigenvalue weighted by molar-refractivity contribution is 6.02. The number of hydrogen-bond donors (Lipinski definition) is 2. The van der Waals surface area contributed by atoms with Gasteiger partial charge in [-0.1, -0.05) is 0 Å². The van der Waals surface area contributed by atoms with E-state index in [-0.39, 0.29) is 17.5 Å². The van der Waals surface area contributed by atoms with Crippen molar-refractivity contribution < 1.29 is 37.2 Å². The van der Waals surface area contributed by atoms with Crippen molar-refractivity contribution in [3.05, 3.63) is 56.4 Å². The van der Waals surface area contributed by atoms with E-state index in [1.807, 2.05) is 5.32 Å². The van der Waals surface area contributed by atoms with Gasteiger partial charge in [0, 0.05) is 23.4 Å². The summed E-state index contributed by atoms with van der Waals surface area (Å²) in [4.78, 5) is 48.1. The number of ether oxygens (including phenoxy) is 1. The molecule has 2 N–H and O–H groups in total. The van der Waals surface area contributed by atoms with Crippen molar-refractivity contribution >= 4 is 29.0 Å². The number of alkyl halides is 3. The number of hydrogen-bond acceptors (Lipinski definition) is 6. The minimum atomic E-state index is -4.96. The van der Waals surface area contributed by atoms with E-state index in [9.17, 15) is 37.7 Å². The van der Waals surface area contributed by atoms with Gasteiger partial charge >= 0.3 is 12.1 Å². The SMILES string of the molecule is CC(=O)c1c(C)[nH]c(C(=O)OCC(=O)Nc2ccc([N+](=O)[O-])cc2C(F)(F)F)c1C. The van der Waals surface area contributed by atoms with Gasteiger partial charge in [-0.05, 0) is 32.4 Å². The van der Waals surface area contributed by atoms with E-state index in [4.69, 9.17) is 4.74 Å². The predicted octanol–water partition coefficient (Wildman–Crippen LogP) is 3.56. The number of nitro benzene ring substituents is 1. The van der Waals surface area contributed by atoms with Crippen LogP contribution in [0.15, 0.2) is 18.2 Å². The van der Waals surface area contributed by atoms with E-state index in [2.05, 4.69) is 4.98 Å². The molecule has 1 aromatic heterocycles. The highest BCUT2D eigenvalue weighted by atomic mass is 19.4. The molecule has 12 heteroatoms. The van der Waals surface area contributed by atoms with Crippen molar-refractivity contribution in [3.8, 4) is 0 Å². The topological polar surface area (TPSA) is 131 Å². The Morgan fingerprint density at radius 2 is 1.87 bits per heavy atom. The number of rotatable bonds is 6. The first kappa shape index (κ1) is 22.6. The number of benzene rings is 1. The minimum absolute atomic E-state index is 0.0585. The summed E-state index contributed by atoms with van der Waals surface area (Å²) >= 11 is 0. The standard InChI is InChI=1S/C18H16F3N3O6/c1-8-15(10(3)25)9(2)22-16(8)17(27)30-7-14(26)23-13-5-4-11(24(28)29)6-12(13)18(19,20)21/h4-6,22H,7H2,1-3H3,(H,23,26). The number of carbonyl (C=O) groups excluding carboxylic acids is 3. The average Bonchev–Trinajstić information content (AvgIpc) is 2.93. The van der Waals surface area contributed by atoms with Gasteiger partial charge in [0.2, 0.25) is 0 Å². The second-order valence-corrected chi connectivity index (χ2v) is 6.29. The van der Waals surface area contributed by atoms with Crippen molar-refractivity contribution in [2.75, 3.05) is 11.9 Å². The van der Waals surface area contributed by atoms with Crippen LogP contribution in [0.3, 0.4) is 0 Å². The minimum Gasteiger partial charge on any atom is -0.451 e. The largest absolute Gasteiger partial charge is 0.451 e. The average molecular weight is 427 g/mol. The number of ketones is 1. The molecule has 1 amide bonds. The van der Waals surface area contributed by atoms with Gasteiger partial charge in [0.1, 0.15) is 5.69 Å². The molecule has 0 radical (unpaired) electrons. The number of aromatic amines is 1. The first-order valence-electron chi connectivity index (χ1n) is 8.35. The number of nitro groups is 1. The van der Waals surface area contributed by atoms with Crippen LogP contribution >= 0.6 is 0 Å². The van der Waals surface area contributed by atoms with Gasteiger partial charge in [-0.3, -0.25) is 19.7 Å². The van der Waals surface area contributed by atoms with Crippen LogP contribution in [0.25, 0.3) is 0 Å². The molecular formula is C18H16F3N3O6. The number of nitrogens with zero attached hydrogens (tertiary/aromatic N) is 1. The molecule has 0 aliphatic heterocycles. The summed E-state index contributed by atoms with van der Waals surface area (Å²) in [5.74, 6) is -2.34. The molecule has 0 fully saturated rings. The summed E-state index contributed by atoms with van der Waals surface area (Å²) in [5.41, 5.74) is -1.95. The molecule has 0 aliphatic carbocycles. The molecule has 0 bridgehead atoms. The van der Waals surface area contributed by atoms with Gasteiger partial charge in [-0.2, -0.15) is 13.2 Å². The van der Waals surface area contributed by atoms with Crippen LogP contribution in [-0.4, -0.2) is 34.2 Å². The van der Waals surface area contributed by atoms with Crippen LogP contribution in [0.4, 0.5) is 24.5 Å². The number of halogens is 3. The number of carbonyl (C=O) groups is 3. The lowest BCUT2D eigenvalue weighted by Crippen LogP contribution is -2.23. The number of aromatic nitrogens is 1. The third-order valence-electron chi connectivity index (χ3n) is 4.12. The molecule has 9 nitrogen and oxygen atoms in total. The molecule has 0 saturated carbocycles. The molecule has 2 rings (SSSR count). The summed E-state index contributed by atoms with van der Waals surface area (Å²) in [5, 5.41) is 12.6. The number of aryl methyl sites for hydroxylation is 1. The predicted molar refractivity (Wildman–Crippen MR) is 97.3 cm³/mol. The summed E-state index contributed by atoms with van der Waals surface area (Å²) < 4.78 is 44.2. The van der Waals surface area contributed by atoms with Crippen LogP contribution in [-0.2, 0) is 15.7 Å². The maximum Gasteiger partial charge on any atom is 0.418 e. The first-order valence-corrected chi connectivity index (χ1v) is 8.35. The van der Waals surface area contributed by atoms with Crippen LogP contribution in [0.5, 0.6) is 0 Å². The lowest BCUT2D eigenvalue weighted by atomic mass is 10.1. The maximum atomic E-state index is 13.1. The third-order valence-corrected chi connectivity index (χ3v) is 4.12. The van der Waals surface area contributed by atoms with Crippen molar-refractivity contribution in [3.63, 3.8) is 0 Å². The summed E-state index contributed by atoms with van der Waals surface area (Å²) in [6.07, 6.45) is -4.96. The van der Waals surface area contributed by atoms with Crippen molar-refractivity contribution in [2.45, 2.75) is 26.9 Å². The number of amides is 1. The van der Waals surface area contributed by atoms with E-state index in [0.717, 1.165) is 12.1 Å². The molecule has 1 aromatic carbocycles. The molecule has 0 spiro atoms. The smallest absolute Gasteiger partial charge is 0.418 e. The Labute approximate surface area is 167 Å². The number of H-pyrrole nitrogens is 1. The van der Waals surface area contributed by atoms with Crippen LogP contribution in [0.1, 0.15) is 44.6 Å². The zero-order chi connectivity index (χ0) is 22.8. The van der Waals surface area contributed by atoms with E-state index >= 15 is 0 Å². The Bertz CT molecular complexity index is 1040. The number of nitrogens with one attached hydrogen (secondary N) is 2. The van der Waals surface area contributed by atoms with Gasteiger partial charge in [-0.15, -0.1) is 0 Å². The molecule has 1 heterocycles. The molecule has 0 aliphatic rings. The van der Waals surface area contributed by atoms with E-state index in [1.165, 1.54) is 13.8 Å². The summed E-state index contributed by atoms with van der Waals surface area (Å²) in [6, 6.07) is 1.82. The lowest BCUT2D eigenvalue weighted by molar-refractivity contribution is -0.385. The zero-order valence-corrected chi connectivity index (χ0v) is 16.0. The Balaban J connectivity index is 2.14. The second-order valence-electron chi connectivity index (χ2n) is 6.29. The van der Waals surface area contributed by atoms with E-state index in [0.29, 0.717) is 16.8 Å². The van der Waals surface area contributed by atoms with Gasteiger partial charge in [0.15, 0.2) is 12.4 Å². The zero-order valence-electron chi connectivity index (χ0n) is 16.0. The number of esters is 1. The van der Waals surface area contributed by atoms with Gasteiger partial charge in [-0.25, -0.2) is 4.79 Å². The quantitative estimate of drug-likeness (QED) is 0.314. The molecule has 2 aromatic rings. The molecular weight excluding hydrogens is 411 g/mol. The Morgan fingerprint density at radius 3 is 2.37 bits per heavy atom. The number of non-ortho nitro benzene ring substituents is 1. The fourth-order valence-electron chi connectivity index (χ4n) is 2.86.